The van der Waals surface area contributed by atoms with E-state index < -0.39 is 0 Å². The number of ether oxygens (including phenoxy) is 1. The smallest absolute Gasteiger partial charge is 0.222 e. The Bertz CT molecular complexity index is 552. The summed E-state index contributed by atoms with van der Waals surface area (Å²) in [5.41, 5.74) is 8.56. The van der Waals surface area contributed by atoms with Gasteiger partial charge in [-0.3, -0.25) is 0 Å². The number of nitrogens with zero attached hydrogens (tertiary/aromatic N) is 2. The zero-order valence-electron chi connectivity index (χ0n) is 10.8. The molecule has 0 bridgehead atoms. The number of hydrogen-bond acceptors (Lipinski definition) is 4. The third kappa shape index (κ3) is 2.77. The molecule has 0 atom stereocenters. The van der Waals surface area contributed by atoms with E-state index in [1.807, 2.05) is 31.2 Å². The second-order valence-corrected chi connectivity index (χ2v) is 4.58. The maximum absolute atomic E-state index is 5.90. The average Bonchev–Trinajstić information content (AvgIpc) is 2.33. The molecule has 1 aromatic heterocycles. The number of aryl methyl sites for hydroxylation is 1. The quantitative estimate of drug-likeness (QED) is 0.840. The van der Waals surface area contributed by atoms with Gasteiger partial charge in [-0.2, -0.15) is 0 Å². The number of hydrogen-bond donors (Lipinski definition) is 1. The van der Waals surface area contributed by atoms with Crippen molar-refractivity contribution in [2.45, 2.75) is 26.7 Å². The molecule has 0 saturated carbocycles. The standard InChI is InChI=1S/C14H17N3O/c1-9(2)12-7-14(17-8-16-12)18-13-5-4-10(3)6-11(13)15/h4-9H,15H2,1-3H3. The minimum absolute atomic E-state index is 0.339. The lowest BCUT2D eigenvalue weighted by molar-refractivity contribution is 0.461. The molecule has 18 heavy (non-hydrogen) atoms. The molecule has 0 fully saturated rings. The van der Waals surface area contributed by atoms with Crippen molar-refractivity contribution in [3.63, 3.8) is 0 Å². The van der Waals surface area contributed by atoms with E-state index in [2.05, 4.69) is 23.8 Å². The van der Waals surface area contributed by atoms with Crippen LogP contribution in [0.2, 0.25) is 0 Å². The molecule has 2 rings (SSSR count). The van der Waals surface area contributed by atoms with Gasteiger partial charge in [-0.25, -0.2) is 9.97 Å². The van der Waals surface area contributed by atoms with Crippen LogP contribution in [0.25, 0.3) is 0 Å². The minimum Gasteiger partial charge on any atom is -0.437 e. The molecule has 0 aliphatic rings. The Balaban J connectivity index is 2.25. The molecule has 0 aliphatic heterocycles. The van der Waals surface area contributed by atoms with Gasteiger partial charge in [-0.05, 0) is 30.5 Å². The summed E-state index contributed by atoms with van der Waals surface area (Å²) in [6, 6.07) is 7.52. The van der Waals surface area contributed by atoms with Crippen LogP contribution >= 0.6 is 0 Å². The fourth-order valence-corrected chi connectivity index (χ4v) is 1.60. The molecule has 4 nitrogen and oxygen atoms in total. The van der Waals surface area contributed by atoms with E-state index >= 15 is 0 Å². The van der Waals surface area contributed by atoms with Gasteiger partial charge in [-0.1, -0.05) is 19.9 Å². The van der Waals surface area contributed by atoms with E-state index in [-0.39, 0.29) is 0 Å². The highest BCUT2D eigenvalue weighted by Gasteiger charge is 2.06. The Morgan fingerprint density at radius 1 is 1.17 bits per heavy atom. The van der Waals surface area contributed by atoms with Gasteiger partial charge in [0.25, 0.3) is 0 Å². The van der Waals surface area contributed by atoms with Crippen LogP contribution in [0.15, 0.2) is 30.6 Å². The fourth-order valence-electron chi connectivity index (χ4n) is 1.60. The topological polar surface area (TPSA) is 61.0 Å². The zero-order chi connectivity index (χ0) is 13.1. The summed E-state index contributed by atoms with van der Waals surface area (Å²) in [6.07, 6.45) is 1.51. The highest BCUT2D eigenvalue weighted by molar-refractivity contribution is 5.55. The summed E-state index contributed by atoms with van der Waals surface area (Å²) in [4.78, 5) is 8.29. The van der Waals surface area contributed by atoms with Crippen LogP contribution in [0.1, 0.15) is 31.0 Å². The van der Waals surface area contributed by atoms with Crippen LogP contribution in [-0.4, -0.2) is 9.97 Å². The molecule has 2 aromatic rings. The predicted molar refractivity (Wildman–Crippen MR) is 71.8 cm³/mol. The Kier molecular flexibility index (Phi) is 3.46. The van der Waals surface area contributed by atoms with Crippen molar-refractivity contribution < 1.29 is 4.74 Å². The number of benzene rings is 1. The Hall–Kier alpha value is -2.10. The Labute approximate surface area is 107 Å². The highest BCUT2D eigenvalue weighted by atomic mass is 16.5. The fraction of sp³-hybridized carbons (Fsp3) is 0.286. The zero-order valence-corrected chi connectivity index (χ0v) is 10.8. The van der Waals surface area contributed by atoms with Gasteiger partial charge in [-0.15, -0.1) is 0 Å². The lowest BCUT2D eigenvalue weighted by Crippen LogP contribution is -1.97. The largest absolute Gasteiger partial charge is 0.437 e. The molecule has 2 N–H and O–H groups in total. The molecule has 0 unspecified atom stereocenters. The van der Waals surface area contributed by atoms with Gasteiger partial charge in [0.05, 0.1) is 11.4 Å². The maximum Gasteiger partial charge on any atom is 0.222 e. The molecular formula is C14H17N3O. The molecule has 94 valence electrons. The third-order valence-electron chi connectivity index (χ3n) is 2.63. The molecule has 1 heterocycles. The van der Waals surface area contributed by atoms with Crippen LogP contribution in [0.3, 0.4) is 0 Å². The van der Waals surface area contributed by atoms with Crippen LogP contribution in [-0.2, 0) is 0 Å². The first kappa shape index (κ1) is 12.4. The molecule has 0 radical (unpaired) electrons. The van der Waals surface area contributed by atoms with Crippen molar-refractivity contribution in [2.75, 3.05) is 5.73 Å². The molecule has 0 saturated heterocycles. The predicted octanol–water partition coefficient (Wildman–Crippen LogP) is 3.28. The monoisotopic (exact) mass is 243 g/mol. The van der Waals surface area contributed by atoms with E-state index in [0.717, 1.165) is 11.3 Å². The van der Waals surface area contributed by atoms with E-state index in [1.165, 1.54) is 6.33 Å². The van der Waals surface area contributed by atoms with Crippen molar-refractivity contribution in [1.29, 1.82) is 0 Å². The Morgan fingerprint density at radius 3 is 2.61 bits per heavy atom. The van der Waals surface area contributed by atoms with Crippen molar-refractivity contribution in [2.24, 2.45) is 0 Å². The summed E-state index contributed by atoms with van der Waals surface area (Å²) in [6.45, 7) is 6.14. The second kappa shape index (κ2) is 5.04. The molecule has 0 aliphatic carbocycles. The first-order valence-corrected chi connectivity index (χ1v) is 5.92. The van der Waals surface area contributed by atoms with E-state index in [0.29, 0.717) is 23.2 Å². The summed E-state index contributed by atoms with van der Waals surface area (Å²) < 4.78 is 5.68. The number of rotatable bonds is 3. The summed E-state index contributed by atoms with van der Waals surface area (Å²) in [7, 11) is 0. The molecular weight excluding hydrogens is 226 g/mol. The third-order valence-corrected chi connectivity index (χ3v) is 2.63. The first-order valence-electron chi connectivity index (χ1n) is 5.92. The van der Waals surface area contributed by atoms with Crippen LogP contribution in [0.5, 0.6) is 11.6 Å². The molecule has 1 aromatic carbocycles. The van der Waals surface area contributed by atoms with Gasteiger partial charge in [0, 0.05) is 6.07 Å². The molecule has 0 amide bonds. The summed E-state index contributed by atoms with van der Waals surface area (Å²) >= 11 is 0. The van der Waals surface area contributed by atoms with Crippen molar-refractivity contribution >= 4 is 5.69 Å². The number of aromatic nitrogens is 2. The van der Waals surface area contributed by atoms with E-state index in [9.17, 15) is 0 Å². The number of nitrogen functional groups attached to an aromatic ring is 1. The van der Waals surface area contributed by atoms with E-state index in [1.54, 1.807) is 0 Å². The van der Waals surface area contributed by atoms with Crippen molar-refractivity contribution in [1.82, 2.24) is 9.97 Å². The lowest BCUT2D eigenvalue weighted by atomic mass is 10.1. The second-order valence-electron chi connectivity index (χ2n) is 4.58. The summed E-state index contributed by atoms with van der Waals surface area (Å²) in [5.74, 6) is 1.48. The Morgan fingerprint density at radius 2 is 1.94 bits per heavy atom. The first-order chi connectivity index (χ1) is 8.56. The van der Waals surface area contributed by atoms with Crippen LogP contribution in [0.4, 0.5) is 5.69 Å². The number of nitrogens with two attached hydrogens (primary N) is 1. The van der Waals surface area contributed by atoms with Crippen LogP contribution in [0, 0.1) is 6.92 Å². The average molecular weight is 243 g/mol. The van der Waals surface area contributed by atoms with Gasteiger partial charge in [0.1, 0.15) is 6.33 Å². The number of anilines is 1. The molecule has 4 heteroatoms. The maximum atomic E-state index is 5.90. The minimum atomic E-state index is 0.339. The molecule has 0 spiro atoms. The van der Waals surface area contributed by atoms with Gasteiger partial charge >= 0.3 is 0 Å². The van der Waals surface area contributed by atoms with Crippen molar-refractivity contribution in [3.8, 4) is 11.6 Å². The summed E-state index contributed by atoms with van der Waals surface area (Å²) in [5, 5.41) is 0. The van der Waals surface area contributed by atoms with Gasteiger partial charge in [0.2, 0.25) is 5.88 Å². The highest BCUT2D eigenvalue weighted by Crippen LogP contribution is 2.27. The normalized spacial score (nSPS) is 10.7. The van der Waals surface area contributed by atoms with Gasteiger partial charge < -0.3 is 10.5 Å². The van der Waals surface area contributed by atoms with E-state index in [4.69, 9.17) is 10.5 Å². The van der Waals surface area contributed by atoms with Crippen LogP contribution < -0.4 is 10.5 Å². The SMILES string of the molecule is Cc1ccc(Oc2cc(C(C)C)ncn2)c(N)c1. The van der Waals surface area contributed by atoms with Crippen molar-refractivity contribution in [3.05, 3.63) is 41.9 Å². The van der Waals surface area contributed by atoms with Gasteiger partial charge in [0.15, 0.2) is 5.75 Å². The lowest BCUT2D eigenvalue weighted by Gasteiger charge is -2.10.